The molecule has 0 saturated heterocycles. The van der Waals surface area contributed by atoms with E-state index in [1.807, 2.05) is 0 Å². The molecule has 0 fully saturated rings. The second-order valence-corrected chi connectivity index (χ2v) is 8.29. The summed E-state index contributed by atoms with van der Waals surface area (Å²) in [5, 5.41) is 17.7. The van der Waals surface area contributed by atoms with E-state index in [4.69, 9.17) is 0 Å². The Morgan fingerprint density at radius 1 is 1.12 bits per heavy atom. The van der Waals surface area contributed by atoms with Crippen LogP contribution in [0.5, 0.6) is 0 Å². The number of aromatic nitrogens is 3. The maximum absolute atomic E-state index is 14.1. The van der Waals surface area contributed by atoms with Crippen molar-refractivity contribution in [2.24, 2.45) is 5.92 Å². The fourth-order valence-electron chi connectivity index (χ4n) is 3.77. The third-order valence-corrected chi connectivity index (χ3v) is 5.97. The number of alkyl halides is 3. The first kappa shape index (κ1) is 25.0. The highest BCUT2D eigenvalue weighted by Crippen LogP contribution is 2.32. The molecular weight excluding hydrogens is 456 g/mol. The van der Waals surface area contributed by atoms with Crippen LogP contribution in [0.3, 0.4) is 0 Å². The van der Waals surface area contributed by atoms with Gasteiger partial charge < -0.3 is 14.6 Å². The number of carbonyl (C=O) groups excluding carboxylic acids is 1. The minimum absolute atomic E-state index is 0.0585. The normalized spacial score (nSPS) is 17.1. The van der Waals surface area contributed by atoms with Crippen molar-refractivity contribution in [2.45, 2.75) is 44.8 Å². The minimum Gasteiger partial charge on any atom is -0.375 e. The van der Waals surface area contributed by atoms with Crippen molar-refractivity contribution in [3.8, 4) is 0 Å². The number of halogens is 6. The molecule has 0 bridgehead atoms. The average molecular weight is 479 g/mol. The Labute approximate surface area is 185 Å². The van der Waals surface area contributed by atoms with Gasteiger partial charge in [-0.25, -0.2) is 13.2 Å². The summed E-state index contributed by atoms with van der Waals surface area (Å²) in [4.78, 5) is 15.9. The van der Waals surface area contributed by atoms with E-state index in [0.717, 1.165) is 4.57 Å². The highest BCUT2D eigenvalue weighted by Gasteiger charge is 2.44. The minimum atomic E-state index is -4.69. The zero-order valence-electron chi connectivity index (χ0n) is 18.1. The molecule has 1 aromatic carbocycles. The van der Waals surface area contributed by atoms with Crippen molar-refractivity contribution < 1.29 is 36.2 Å². The molecule has 1 aliphatic rings. The standard InChI is InChI=1S/C20H23F6N5O2/c1-19(33,29(2)3)12(5-4-11-8-14(22)15(23)9-13(11)21)17(32)30-6-7-31-16(10-30)27-28-18(31)20(24,25)26/h8-9,12,33H,4-7,10H2,1-3H3. The number of rotatable bonds is 6. The molecule has 0 saturated carbocycles. The van der Waals surface area contributed by atoms with Gasteiger partial charge in [-0.2, -0.15) is 13.2 Å². The van der Waals surface area contributed by atoms with Crippen LogP contribution in [-0.2, 0) is 30.5 Å². The number of hydrogen-bond acceptors (Lipinski definition) is 5. The van der Waals surface area contributed by atoms with Gasteiger partial charge in [0.15, 0.2) is 17.5 Å². The molecule has 0 radical (unpaired) electrons. The number of benzene rings is 1. The maximum atomic E-state index is 14.1. The number of hydrogen-bond donors (Lipinski definition) is 1. The lowest BCUT2D eigenvalue weighted by Gasteiger charge is -2.40. The molecule has 182 valence electrons. The summed E-state index contributed by atoms with van der Waals surface area (Å²) in [7, 11) is 3.03. The fraction of sp³-hybridized carbons (Fsp3) is 0.550. The zero-order chi connectivity index (χ0) is 24.7. The molecule has 1 N–H and O–H groups in total. The zero-order valence-corrected chi connectivity index (χ0v) is 18.1. The summed E-state index contributed by atoms with van der Waals surface area (Å²) in [6, 6.07) is 1.10. The lowest BCUT2D eigenvalue weighted by Crippen LogP contribution is -2.55. The third kappa shape index (κ3) is 4.98. The van der Waals surface area contributed by atoms with E-state index in [9.17, 15) is 36.2 Å². The van der Waals surface area contributed by atoms with Crippen LogP contribution < -0.4 is 0 Å². The van der Waals surface area contributed by atoms with Crippen molar-refractivity contribution in [1.82, 2.24) is 24.6 Å². The van der Waals surface area contributed by atoms with Crippen molar-refractivity contribution in [1.29, 1.82) is 0 Å². The van der Waals surface area contributed by atoms with E-state index in [0.29, 0.717) is 12.1 Å². The molecular formula is C20H23F6N5O2. The number of aryl methyl sites for hydroxylation is 1. The molecule has 7 nitrogen and oxygen atoms in total. The Balaban J connectivity index is 1.84. The molecule has 2 aromatic rings. The smallest absolute Gasteiger partial charge is 0.375 e. The molecule has 1 amide bonds. The number of amides is 1. The summed E-state index contributed by atoms with van der Waals surface area (Å²) >= 11 is 0. The van der Waals surface area contributed by atoms with E-state index in [1.165, 1.54) is 30.8 Å². The predicted octanol–water partition coefficient (Wildman–Crippen LogP) is 2.58. The van der Waals surface area contributed by atoms with Gasteiger partial charge in [-0.3, -0.25) is 9.69 Å². The summed E-state index contributed by atoms with van der Waals surface area (Å²) in [6.45, 7) is 0.816. The van der Waals surface area contributed by atoms with Crippen LogP contribution in [0.1, 0.15) is 30.6 Å². The van der Waals surface area contributed by atoms with Crippen molar-refractivity contribution in [2.75, 3.05) is 20.6 Å². The first-order valence-electron chi connectivity index (χ1n) is 10.0. The van der Waals surface area contributed by atoms with Crippen LogP contribution in [0.4, 0.5) is 26.3 Å². The molecule has 1 aromatic heterocycles. The van der Waals surface area contributed by atoms with Gasteiger partial charge in [0.2, 0.25) is 11.7 Å². The monoisotopic (exact) mass is 479 g/mol. The van der Waals surface area contributed by atoms with Gasteiger partial charge in [0, 0.05) is 19.2 Å². The molecule has 2 unspecified atom stereocenters. The number of nitrogens with zero attached hydrogens (tertiary/aromatic N) is 5. The fourth-order valence-corrected chi connectivity index (χ4v) is 3.77. The Hall–Kier alpha value is -2.67. The third-order valence-electron chi connectivity index (χ3n) is 5.97. The molecule has 3 rings (SSSR count). The lowest BCUT2D eigenvalue weighted by molar-refractivity contribution is -0.163. The highest BCUT2D eigenvalue weighted by atomic mass is 19.4. The lowest BCUT2D eigenvalue weighted by atomic mass is 9.88. The van der Waals surface area contributed by atoms with Crippen LogP contribution in [0.15, 0.2) is 12.1 Å². The highest BCUT2D eigenvalue weighted by molar-refractivity contribution is 5.80. The summed E-state index contributed by atoms with van der Waals surface area (Å²) in [6.07, 6.45) is -5.02. The van der Waals surface area contributed by atoms with Gasteiger partial charge >= 0.3 is 6.18 Å². The maximum Gasteiger partial charge on any atom is 0.451 e. The van der Waals surface area contributed by atoms with Crippen LogP contribution in [0.25, 0.3) is 0 Å². The van der Waals surface area contributed by atoms with Crippen LogP contribution >= 0.6 is 0 Å². The van der Waals surface area contributed by atoms with Crippen molar-refractivity contribution in [3.05, 3.63) is 46.8 Å². The van der Waals surface area contributed by atoms with E-state index in [2.05, 4.69) is 10.2 Å². The molecule has 2 atom stereocenters. The van der Waals surface area contributed by atoms with E-state index in [1.54, 1.807) is 0 Å². The first-order valence-corrected chi connectivity index (χ1v) is 10.0. The Morgan fingerprint density at radius 3 is 2.36 bits per heavy atom. The van der Waals surface area contributed by atoms with Crippen molar-refractivity contribution >= 4 is 5.91 Å². The number of fused-ring (bicyclic) bond motifs is 1. The van der Waals surface area contributed by atoms with E-state index >= 15 is 0 Å². The van der Waals surface area contributed by atoms with Gasteiger partial charge in [0.1, 0.15) is 11.5 Å². The average Bonchev–Trinajstić information content (AvgIpc) is 3.15. The van der Waals surface area contributed by atoms with Gasteiger partial charge in [-0.05, 0) is 45.5 Å². The Bertz CT molecular complexity index is 1040. The van der Waals surface area contributed by atoms with E-state index < -0.39 is 47.0 Å². The predicted molar refractivity (Wildman–Crippen MR) is 103 cm³/mol. The molecule has 2 heterocycles. The second kappa shape index (κ2) is 8.93. The number of aliphatic hydroxyl groups is 1. The van der Waals surface area contributed by atoms with Gasteiger partial charge in [-0.1, -0.05) is 0 Å². The molecule has 33 heavy (non-hydrogen) atoms. The van der Waals surface area contributed by atoms with Crippen LogP contribution in [-0.4, -0.2) is 61.9 Å². The van der Waals surface area contributed by atoms with Crippen molar-refractivity contribution in [3.63, 3.8) is 0 Å². The van der Waals surface area contributed by atoms with Gasteiger partial charge in [-0.15, -0.1) is 10.2 Å². The van der Waals surface area contributed by atoms with E-state index in [-0.39, 0.29) is 43.9 Å². The van der Waals surface area contributed by atoms with Crippen LogP contribution in [0, 0.1) is 23.4 Å². The topological polar surface area (TPSA) is 74.5 Å². The summed E-state index contributed by atoms with van der Waals surface area (Å²) in [5.41, 5.74) is -1.90. The molecule has 1 aliphatic heterocycles. The van der Waals surface area contributed by atoms with Gasteiger partial charge in [0.25, 0.3) is 0 Å². The second-order valence-electron chi connectivity index (χ2n) is 8.29. The molecule has 0 spiro atoms. The Morgan fingerprint density at radius 2 is 1.76 bits per heavy atom. The number of carbonyl (C=O) groups is 1. The largest absolute Gasteiger partial charge is 0.451 e. The first-order chi connectivity index (χ1) is 15.2. The molecule has 13 heteroatoms. The van der Waals surface area contributed by atoms with Gasteiger partial charge in [0.05, 0.1) is 12.5 Å². The molecule has 0 aliphatic carbocycles. The summed E-state index contributed by atoms with van der Waals surface area (Å²) < 4.78 is 80.9. The summed E-state index contributed by atoms with van der Waals surface area (Å²) in [5.74, 6) is -6.55. The van der Waals surface area contributed by atoms with Crippen LogP contribution in [0.2, 0.25) is 0 Å². The SMILES string of the molecule is CN(C)C(C)(O)C(CCc1cc(F)c(F)cc1F)C(=O)N1CCn2c(nnc2C(F)(F)F)C1. The Kier molecular flexibility index (Phi) is 6.76. The quantitative estimate of drug-likeness (QED) is 0.392.